The molecule has 0 aliphatic carbocycles. The number of carbonyl (C=O) groups excluding carboxylic acids is 2. The van der Waals surface area contributed by atoms with Crippen molar-refractivity contribution in [1.82, 2.24) is 0 Å². The maximum atomic E-state index is 10.4. The molecule has 0 spiro atoms. The first-order valence-corrected chi connectivity index (χ1v) is 3.07. The topological polar surface area (TPSA) is 46.2 Å². The van der Waals surface area contributed by atoms with Crippen LogP contribution in [-0.2, 0) is 42.3 Å². The molecule has 0 unspecified atom stereocenters. The average Bonchev–Trinajstić information content (AvgIpc) is 2.06. The second-order valence-corrected chi connectivity index (χ2v) is 1.92. The summed E-state index contributed by atoms with van der Waals surface area (Å²) in [7, 11) is 0. The van der Waals surface area contributed by atoms with Crippen LogP contribution in [0.4, 0.5) is 5.69 Å². The van der Waals surface area contributed by atoms with Gasteiger partial charge in [-0.15, -0.1) is 0 Å². The normalized spacial score (nSPS) is 8.00. The molecular weight excluding hydrogens is 231 g/mol. The fraction of sp³-hybridized carbons (Fsp3) is 0. The third-order valence-electron chi connectivity index (χ3n) is 1.12. The summed E-state index contributed by atoms with van der Waals surface area (Å²) in [5, 5.41) is 2.33. The maximum Gasteiger partial charge on any atom is 0.103 e. The summed E-state index contributed by atoms with van der Waals surface area (Å²) in [5.74, 6) is -0.754. The summed E-state index contributed by atoms with van der Waals surface area (Å²) >= 11 is 0. The Bertz CT molecular complexity index is 261. The zero-order valence-electron chi connectivity index (χ0n) is 6.28. The predicted molar refractivity (Wildman–Crippen MR) is 40.8 cm³/mol. The molecule has 4 heteroatoms. The number of amides is 1. The molecule has 1 aromatic rings. The van der Waals surface area contributed by atoms with E-state index in [-0.39, 0.29) is 32.7 Å². The van der Waals surface area contributed by atoms with Gasteiger partial charge in [0.1, 0.15) is 5.91 Å². The minimum absolute atomic E-state index is 0. The standard InChI is InChI=1S/C8H6NO2.Y/c10-6-8(11)9-7-4-2-1-3-5-7;/h1-5H,(H,9,11);/q-1;. The molecule has 1 N–H and O–H groups in total. The van der Waals surface area contributed by atoms with Gasteiger partial charge in [-0.1, -0.05) is 18.2 Å². The molecule has 1 radical (unpaired) electrons. The van der Waals surface area contributed by atoms with Crippen molar-refractivity contribution in [2.45, 2.75) is 0 Å². The summed E-state index contributed by atoms with van der Waals surface area (Å²) in [4.78, 5) is 20.2. The fourth-order valence-corrected chi connectivity index (χ4v) is 0.678. The van der Waals surface area contributed by atoms with Crippen LogP contribution in [0.2, 0.25) is 0 Å². The number of anilines is 1. The number of hydrogen-bond donors (Lipinski definition) is 1. The van der Waals surface area contributed by atoms with Gasteiger partial charge in [-0.3, -0.25) is 0 Å². The van der Waals surface area contributed by atoms with E-state index in [9.17, 15) is 9.59 Å². The summed E-state index contributed by atoms with van der Waals surface area (Å²) < 4.78 is 0. The monoisotopic (exact) mass is 237 g/mol. The van der Waals surface area contributed by atoms with E-state index in [2.05, 4.69) is 5.32 Å². The van der Waals surface area contributed by atoms with E-state index in [0.29, 0.717) is 5.69 Å². The van der Waals surface area contributed by atoms with Crippen LogP contribution in [0.1, 0.15) is 0 Å². The fourth-order valence-electron chi connectivity index (χ4n) is 0.678. The number of nitrogens with one attached hydrogen (secondary N) is 1. The van der Waals surface area contributed by atoms with Crippen molar-refractivity contribution in [3.8, 4) is 0 Å². The van der Waals surface area contributed by atoms with Gasteiger partial charge in [0.05, 0.1) is 0 Å². The largest absolute Gasteiger partial charge is 0.532 e. The molecule has 3 nitrogen and oxygen atoms in total. The molecule has 1 aromatic carbocycles. The van der Waals surface area contributed by atoms with E-state index in [0.717, 1.165) is 0 Å². The molecule has 0 saturated carbocycles. The molecule has 0 saturated heterocycles. The van der Waals surface area contributed by atoms with Crippen molar-refractivity contribution in [1.29, 1.82) is 0 Å². The first-order chi connectivity index (χ1) is 5.33. The SMILES string of the molecule is O=[C-]C(=O)Nc1ccccc1.[Y]. The quantitative estimate of drug-likeness (QED) is 0.608. The summed E-state index contributed by atoms with van der Waals surface area (Å²) in [5.41, 5.74) is 0.598. The number of rotatable bonds is 2. The Morgan fingerprint density at radius 1 is 1.25 bits per heavy atom. The number of benzene rings is 1. The molecule has 1 amide bonds. The van der Waals surface area contributed by atoms with Crippen LogP contribution in [0.5, 0.6) is 0 Å². The molecule has 1 rings (SSSR count). The second kappa shape index (κ2) is 6.03. The van der Waals surface area contributed by atoms with E-state index in [4.69, 9.17) is 0 Å². The Kier molecular flexibility index (Phi) is 5.76. The van der Waals surface area contributed by atoms with Gasteiger partial charge in [0.2, 0.25) is 0 Å². The Labute approximate surface area is 95.4 Å². The van der Waals surface area contributed by atoms with Crippen molar-refractivity contribution in [2.75, 3.05) is 5.32 Å². The van der Waals surface area contributed by atoms with Crippen molar-refractivity contribution in [2.24, 2.45) is 0 Å². The van der Waals surface area contributed by atoms with Crippen LogP contribution < -0.4 is 5.32 Å². The van der Waals surface area contributed by atoms with Crippen LogP contribution in [0.25, 0.3) is 0 Å². The smallest absolute Gasteiger partial charge is 0.103 e. The van der Waals surface area contributed by atoms with E-state index >= 15 is 0 Å². The van der Waals surface area contributed by atoms with Crippen LogP contribution in [-0.4, -0.2) is 12.2 Å². The Balaban J connectivity index is 0.00000121. The van der Waals surface area contributed by atoms with Gasteiger partial charge in [-0.05, 0) is 12.1 Å². The van der Waals surface area contributed by atoms with E-state index in [1.54, 1.807) is 24.3 Å². The minimum Gasteiger partial charge on any atom is -0.532 e. The third kappa shape index (κ3) is 3.74. The Morgan fingerprint density at radius 2 is 1.83 bits per heavy atom. The Morgan fingerprint density at radius 3 is 2.33 bits per heavy atom. The van der Waals surface area contributed by atoms with Gasteiger partial charge in [0, 0.05) is 38.4 Å². The van der Waals surface area contributed by atoms with Crippen LogP contribution in [0.3, 0.4) is 0 Å². The van der Waals surface area contributed by atoms with E-state index < -0.39 is 5.91 Å². The van der Waals surface area contributed by atoms with Crippen molar-refractivity contribution in [3.63, 3.8) is 0 Å². The molecular formula is C8H6NO2Y-. The Hall–Kier alpha value is -0.536. The summed E-state index contributed by atoms with van der Waals surface area (Å²) in [6.07, 6.45) is 1.21. The molecule has 0 aliphatic rings. The summed E-state index contributed by atoms with van der Waals surface area (Å²) in [6, 6.07) is 8.73. The van der Waals surface area contributed by atoms with Crippen LogP contribution in [0.15, 0.2) is 30.3 Å². The van der Waals surface area contributed by atoms with Crippen molar-refractivity contribution >= 4 is 17.9 Å². The first-order valence-electron chi connectivity index (χ1n) is 3.07. The van der Waals surface area contributed by atoms with Gasteiger partial charge in [-0.25, -0.2) is 0 Å². The number of carbonyl (C=O) groups is 1. The zero-order valence-corrected chi connectivity index (χ0v) is 9.12. The van der Waals surface area contributed by atoms with E-state index in [1.165, 1.54) is 6.29 Å². The predicted octanol–water partition coefficient (Wildman–Crippen LogP) is 0.732. The third-order valence-corrected chi connectivity index (χ3v) is 1.12. The minimum atomic E-state index is -0.754. The molecule has 59 valence electrons. The van der Waals surface area contributed by atoms with Gasteiger partial charge < -0.3 is 14.9 Å². The van der Waals surface area contributed by atoms with Crippen LogP contribution in [0, 0.1) is 0 Å². The van der Waals surface area contributed by atoms with E-state index in [1.807, 2.05) is 6.07 Å². The average molecular weight is 237 g/mol. The number of hydrogen-bond acceptors (Lipinski definition) is 2. The van der Waals surface area contributed by atoms with Gasteiger partial charge >= 0.3 is 0 Å². The summed E-state index contributed by atoms with van der Waals surface area (Å²) in [6.45, 7) is 0. The number of para-hydroxylation sites is 1. The first kappa shape index (κ1) is 11.5. The van der Waals surface area contributed by atoms with Gasteiger partial charge in [-0.2, -0.15) is 6.29 Å². The van der Waals surface area contributed by atoms with Crippen LogP contribution >= 0.6 is 0 Å². The second-order valence-electron chi connectivity index (χ2n) is 1.92. The van der Waals surface area contributed by atoms with Crippen molar-refractivity contribution < 1.29 is 42.3 Å². The molecule has 0 aliphatic heterocycles. The molecule has 0 bridgehead atoms. The van der Waals surface area contributed by atoms with Crippen molar-refractivity contribution in [3.05, 3.63) is 30.3 Å². The van der Waals surface area contributed by atoms with Gasteiger partial charge in [0.15, 0.2) is 0 Å². The zero-order chi connectivity index (χ0) is 8.10. The van der Waals surface area contributed by atoms with Gasteiger partial charge in [0.25, 0.3) is 0 Å². The molecule has 0 fully saturated rings. The molecule has 12 heavy (non-hydrogen) atoms. The maximum absolute atomic E-state index is 10.4. The molecule has 0 atom stereocenters. The molecule has 0 heterocycles. The molecule has 0 aromatic heterocycles.